The molecular weight excluding hydrogens is 380 g/mol. The van der Waals surface area contributed by atoms with Crippen molar-refractivity contribution in [3.8, 4) is 0 Å². The van der Waals surface area contributed by atoms with Crippen LogP contribution in [0.4, 0.5) is 23.0 Å². The van der Waals surface area contributed by atoms with Gasteiger partial charge >= 0.3 is 0 Å². The zero-order valence-electron chi connectivity index (χ0n) is 15.8. The van der Waals surface area contributed by atoms with Gasteiger partial charge in [0.1, 0.15) is 11.6 Å². The highest BCUT2D eigenvalue weighted by atomic mass is 35.5. The number of aryl methyl sites for hydroxylation is 2. The third-order valence-electron chi connectivity index (χ3n) is 3.95. The van der Waals surface area contributed by atoms with Crippen LogP contribution in [0.1, 0.15) is 23.0 Å². The molecule has 2 heterocycles. The standard InChI is InChI=1S/C19H21ClN6O2/c1-4-26-18(9-12(2)24-26)23-17-10-16(14(20)11-21-17)22-15-8-6-5-7-13(15)19(27)25-28-3/h5-11H,4H2,1-3H3,(H,25,27)(H2,21,22,23). The molecule has 9 heteroatoms. The van der Waals surface area contributed by atoms with Gasteiger partial charge in [0.15, 0.2) is 0 Å². The van der Waals surface area contributed by atoms with Crippen molar-refractivity contribution in [3.63, 3.8) is 0 Å². The summed E-state index contributed by atoms with van der Waals surface area (Å²) in [4.78, 5) is 21.2. The van der Waals surface area contributed by atoms with E-state index in [1.807, 2.05) is 30.7 Å². The van der Waals surface area contributed by atoms with Crippen molar-refractivity contribution in [3.05, 3.63) is 58.9 Å². The Morgan fingerprint density at radius 3 is 2.75 bits per heavy atom. The van der Waals surface area contributed by atoms with Crippen LogP contribution >= 0.6 is 11.6 Å². The highest BCUT2D eigenvalue weighted by Gasteiger charge is 2.13. The van der Waals surface area contributed by atoms with E-state index < -0.39 is 0 Å². The fourth-order valence-electron chi connectivity index (χ4n) is 2.70. The lowest BCUT2D eigenvalue weighted by molar-refractivity contribution is 0.0538. The van der Waals surface area contributed by atoms with E-state index in [9.17, 15) is 4.79 Å². The van der Waals surface area contributed by atoms with Gasteiger partial charge < -0.3 is 10.6 Å². The first-order valence-electron chi connectivity index (χ1n) is 8.68. The summed E-state index contributed by atoms with van der Waals surface area (Å²) in [5.41, 5.74) is 4.85. The predicted molar refractivity (Wildman–Crippen MR) is 109 cm³/mol. The number of hydroxylamine groups is 1. The Morgan fingerprint density at radius 2 is 2.00 bits per heavy atom. The number of pyridine rings is 1. The number of rotatable bonds is 7. The number of para-hydroxylation sites is 1. The highest BCUT2D eigenvalue weighted by molar-refractivity contribution is 6.33. The third kappa shape index (κ3) is 4.41. The number of carbonyl (C=O) groups excluding carboxylic acids is 1. The average Bonchev–Trinajstić information content (AvgIpc) is 3.04. The zero-order chi connectivity index (χ0) is 20.1. The molecule has 0 aliphatic rings. The van der Waals surface area contributed by atoms with E-state index in [0.29, 0.717) is 27.8 Å². The average molecular weight is 401 g/mol. The van der Waals surface area contributed by atoms with Crippen LogP contribution in [-0.2, 0) is 11.4 Å². The van der Waals surface area contributed by atoms with Crippen LogP contribution in [0, 0.1) is 6.92 Å². The minimum Gasteiger partial charge on any atom is -0.353 e. The SMILES string of the molecule is CCn1nc(C)cc1Nc1cc(Nc2ccccc2C(=O)NOC)c(Cl)cn1. The molecule has 146 valence electrons. The molecule has 0 saturated carbocycles. The fourth-order valence-corrected chi connectivity index (χ4v) is 2.85. The van der Waals surface area contributed by atoms with Gasteiger partial charge in [-0.25, -0.2) is 15.1 Å². The lowest BCUT2D eigenvalue weighted by Gasteiger charge is -2.14. The Kier molecular flexibility index (Phi) is 6.13. The summed E-state index contributed by atoms with van der Waals surface area (Å²) in [7, 11) is 1.38. The normalized spacial score (nSPS) is 10.6. The van der Waals surface area contributed by atoms with Crippen molar-refractivity contribution < 1.29 is 9.63 Å². The number of hydrogen-bond donors (Lipinski definition) is 3. The molecule has 0 radical (unpaired) electrons. The van der Waals surface area contributed by atoms with Gasteiger partial charge in [-0.05, 0) is 26.0 Å². The number of amides is 1. The summed E-state index contributed by atoms with van der Waals surface area (Å²) in [5, 5.41) is 11.3. The zero-order valence-corrected chi connectivity index (χ0v) is 16.5. The number of nitrogens with one attached hydrogen (secondary N) is 3. The Bertz CT molecular complexity index is 988. The second-order valence-electron chi connectivity index (χ2n) is 5.97. The molecule has 8 nitrogen and oxygen atoms in total. The van der Waals surface area contributed by atoms with Crippen molar-refractivity contribution in [1.82, 2.24) is 20.2 Å². The Hall–Kier alpha value is -3.10. The number of carbonyl (C=O) groups is 1. The monoisotopic (exact) mass is 400 g/mol. The Labute approximate surface area is 167 Å². The van der Waals surface area contributed by atoms with E-state index in [2.05, 4.69) is 26.2 Å². The first-order valence-corrected chi connectivity index (χ1v) is 9.06. The van der Waals surface area contributed by atoms with Crippen molar-refractivity contribution in [2.75, 3.05) is 17.7 Å². The highest BCUT2D eigenvalue weighted by Crippen LogP contribution is 2.29. The first kappa shape index (κ1) is 19.7. The molecule has 0 unspecified atom stereocenters. The van der Waals surface area contributed by atoms with E-state index in [-0.39, 0.29) is 5.91 Å². The van der Waals surface area contributed by atoms with Crippen LogP contribution in [-0.4, -0.2) is 27.8 Å². The van der Waals surface area contributed by atoms with E-state index in [0.717, 1.165) is 18.1 Å². The predicted octanol–water partition coefficient (Wildman–Crippen LogP) is 4.04. The molecule has 0 atom stereocenters. The molecule has 0 spiro atoms. The maximum Gasteiger partial charge on any atom is 0.276 e. The molecule has 0 fully saturated rings. The number of hydrogen-bond acceptors (Lipinski definition) is 6. The van der Waals surface area contributed by atoms with Gasteiger partial charge in [0.25, 0.3) is 5.91 Å². The lowest BCUT2D eigenvalue weighted by atomic mass is 10.1. The molecule has 1 aromatic carbocycles. The van der Waals surface area contributed by atoms with Gasteiger partial charge in [-0.3, -0.25) is 9.63 Å². The smallest absolute Gasteiger partial charge is 0.276 e. The van der Waals surface area contributed by atoms with Gasteiger partial charge in [-0.1, -0.05) is 23.7 Å². The summed E-state index contributed by atoms with van der Waals surface area (Å²) in [6.45, 7) is 4.68. The second kappa shape index (κ2) is 8.73. The maximum absolute atomic E-state index is 12.2. The summed E-state index contributed by atoms with van der Waals surface area (Å²) in [6.07, 6.45) is 1.55. The largest absolute Gasteiger partial charge is 0.353 e. The van der Waals surface area contributed by atoms with Crippen LogP contribution in [0.2, 0.25) is 5.02 Å². The van der Waals surface area contributed by atoms with Crippen LogP contribution in [0.5, 0.6) is 0 Å². The lowest BCUT2D eigenvalue weighted by Crippen LogP contribution is -2.22. The van der Waals surface area contributed by atoms with E-state index in [1.54, 1.807) is 30.5 Å². The quantitative estimate of drug-likeness (QED) is 0.518. The fraction of sp³-hybridized carbons (Fsp3) is 0.211. The second-order valence-corrected chi connectivity index (χ2v) is 6.37. The minimum absolute atomic E-state index is 0.364. The summed E-state index contributed by atoms with van der Waals surface area (Å²) >= 11 is 6.31. The molecule has 3 aromatic rings. The molecule has 3 N–H and O–H groups in total. The third-order valence-corrected chi connectivity index (χ3v) is 4.25. The summed E-state index contributed by atoms with van der Waals surface area (Å²) in [5.74, 6) is 1.07. The van der Waals surface area contributed by atoms with Gasteiger partial charge in [-0.15, -0.1) is 0 Å². The first-order chi connectivity index (χ1) is 13.5. The summed E-state index contributed by atoms with van der Waals surface area (Å²) < 4.78 is 1.85. The number of nitrogens with zero attached hydrogens (tertiary/aromatic N) is 3. The molecule has 0 bridgehead atoms. The molecule has 3 rings (SSSR count). The van der Waals surface area contributed by atoms with Gasteiger partial charge in [-0.2, -0.15) is 5.10 Å². The number of aromatic nitrogens is 3. The van der Waals surface area contributed by atoms with E-state index in [4.69, 9.17) is 16.4 Å². The molecular formula is C19H21ClN6O2. The molecule has 2 aromatic heterocycles. The molecule has 28 heavy (non-hydrogen) atoms. The van der Waals surface area contributed by atoms with Crippen LogP contribution < -0.4 is 16.1 Å². The molecule has 0 aliphatic heterocycles. The molecule has 0 aliphatic carbocycles. The van der Waals surface area contributed by atoms with Crippen molar-refractivity contribution in [2.45, 2.75) is 20.4 Å². The van der Waals surface area contributed by atoms with Crippen LogP contribution in [0.3, 0.4) is 0 Å². The maximum atomic E-state index is 12.2. The van der Waals surface area contributed by atoms with E-state index >= 15 is 0 Å². The number of anilines is 4. The topological polar surface area (TPSA) is 93.1 Å². The van der Waals surface area contributed by atoms with Crippen molar-refractivity contribution in [1.29, 1.82) is 0 Å². The van der Waals surface area contributed by atoms with Crippen molar-refractivity contribution in [2.24, 2.45) is 0 Å². The molecule has 1 amide bonds. The van der Waals surface area contributed by atoms with E-state index in [1.165, 1.54) is 7.11 Å². The molecule has 0 saturated heterocycles. The Morgan fingerprint density at radius 1 is 1.21 bits per heavy atom. The van der Waals surface area contributed by atoms with Gasteiger partial charge in [0, 0.05) is 18.7 Å². The number of halogens is 1. The van der Waals surface area contributed by atoms with Gasteiger partial charge in [0.05, 0.1) is 41.0 Å². The van der Waals surface area contributed by atoms with Crippen LogP contribution in [0.15, 0.2) is 42.6 Å². The Balaban J connectivity index is 1.88. The van der Waals surface area contributed by atoms with Gasteiger partial charge in [0.2, 0.25) is 0 Å². The van der Waals surface area contributed by atoms with Crippen LogP contribution in [0.25, 0.3) is 0 Å². The van der Waals surface area contributed by atoms with Crippen molar-refractivity contribution >= 4 is 40.5 Å². The number of benzene rings is 1. The minimum atomic E-state index is -0.364. The summed E-state index contributed by atoms with van der Waals surface area (Å²) in [6, 6.07) is 10.8.